The molecule has 2 N–H and O–H groups in total. The van der Waals surface area contributed by atoms with Crippen molar-refractivity contribution in [1.82, 2.24) is 9.78 Å². The molecule has 0 saturated heterocycles. The number of aromatic nitrogens is 2. The molecule has 0 aliphatic rings. The van der Waals surface area contributed by atoms with Crippen molar-refractivity contribution >= 4 is 23.2 Å². The SMILES string of the molecule is Cc1cc(C)cc(NC(=O)c2cnn(C)c2C(=O)Nc2cc(C)cc(C)c2)c1. The maximum absolute atomic E-state index is 12.9. The largest absolute Gasteiger partial charge is 0.322 e. The summed E-state index contributed by atoms with van der Waals surface area (Å²) < 4.78 is 1.41. The predicted molar refractivity (Wildman–Crippen MR) is 111 cm³/mol. The number of benzene rings is 2. The third-order valence-corrected chi connectivity index (χ3v) is 4.36. The van der Waals surface area contributed by atoms with Gasteiger partial charge >= 0.3 is 0 Å². The zero-order valence-corrected chi connectivity index (χ0v) is 16.8. The second kappa shape index (κ2) is 7.68. The molecule has 144 valence electrons. The van der Waals surface area contributed by atoms with Crippen LogP contribution in [0.4, 0.5) is 11.4 Å². The van der Waals surface area contributed by atoms with Gasteiger partial charge in [-0.15, -0.1) is 0 Å². The summed E-state index contributed by atoms with van der Waals surface area (Å²) in [4.78, 5) is 25.6. The quantitative estimate of drug-likeness (QED) is 0.718. The highest BCUT2D eigenvalue weighted by Crippen LogP contribution is 2.19. The van der Waals surface area contributed by atoms with Crippen LogP contribution >= 0.6 is 0 Å². The molecular weight excluding hydrogens is 352 g/mol. The zero-order valence-electron chi connectivity index (χ0n) is 16.8. The zero-order chi connectivity index (χ0) is 20.4. The molecule has 0 aliphatic carbocycles. The normalized spacial score (nSPS) is 10.6. The van der Waals surface area contributed by atoms with Crippen LogP contribution in [0.1, 0.15) is 43.1 Å². The van der Waals surface area contributed by atoms with Gasteiger partial charge in [0.2, 0.25) is 0 Å². The summed E-state index contributed by atoms with van der Waals surface area (Å²) in [6.07, 6.45) is 1.41. The fourth-order valence-corrected chi connectivity index (χ4v) is 3.36. The Kier molecular flexibility index (Phi) is 5.31. The molecule has 2 aromatic carbocycles. The molecule has 1 heterocycles. The van der Waals surface area contributed by atoms with Gasteiger partial charge in [-0.05, 0) is 74.2 Å². The summed E-state index contributed by atoms with van der Waals surface area (Å²) in [6, 6.07) is 11.6. The van der Waals surface area contributed by atoms with Gasteiger partial charge in [-0.25, -0.2) is 0 Å². The molecule has 0 unspecified atom stereocenters. The molecule has 0 spiro atoms. The van der Waals surface area contributed by atoms with E-state index in [0.29, 0.717) is 11.4 Å². The van der Waals surface area contributed by atoms with E-state index in [-0.39, 0.29) is 23.1 Å². The molecule has 0 radical (unpaired) electrons. The van der Waals surface area contributed by atoms with Gasteiger partial charge in [-0.2, -0.15) is 5.10 Å². The number of aryl methyl sites for hydroxylation is 5. The van der Waals surface area contributed by atoms with E-state index in [0.717, 1.165) is 22.3 Å². The summed E-state index contributed by atoms with van der Waals surface area (Å²) in [5, 5.41) is 9.83. The first-order chi connectivity index (χ1) is 13.2. The average Bonchev–Trinajstić information content (AvgIpc) is 2.94. The van der Waals surface area contributed by atoms with Gasteiger partial charge in [0.15, 0.2) is 0 Å². The monoisotopic (exact) mass is 376 g/mol. The van der Waals surface area contributed by atoms with E-state index in [2.05, 4.69) is 15.7 Å². The van der Waals surface area contributed by atoms with Crippen LogP contribution in [0.2, 0.25) is 0 Å². The molecule has 0 atom stereocenters. The van der Waals surface area contributed by atoms with E-state index in [9.17, 15) is 9.59 Å². The topological polar surface area (TPSA) is 76.0 Å². The van der Waals surface area contributed by atoms with Crippen LogP contribution in [-0.4, -0.2) is 21.6 Å². The molecule has 2 amide bonds. The van der Waals surface area contributed by atoms with E-state index in [1.165, 1.54) is 10.9 Å². The Morgan fingerprint density at radius 1 is 0.750 bits per heavy atom. The van der Waals surface area contributed by atoms with Crippen molar-refractivity contribution < 1.29 is 9.59 Å². The van der Waals surface area contributed by atoms with Crippen molar-refractivity contribution in [2.24, 2.45) is 7.05 Å². The van der Waals surface area contributed by atoms with Crippen molar-refractivity contribution in [3.63, 3.8) is 0 Å². The Bertz CT molecular complexity index is 1030. The van der Waals surface area contributed by atoms with Gasteiger partial charge in [0.1, 0.15) is 5.69 Å². The molecule has 0 saturated carbocycles. The van der Waals surface area contributed by atoms with Crippen molar-refractivity contribution in [1.29, 1.82) is 0 Å². The van der Waals surface area contributed by atoms with Crippen LogP contribution in [-0.2, 0) is 7.05 Å². The Balaban J connectivity index is 1.86. The fourth-order valence-electron chi connectivity index (χ4n) is 3.36. The maximum atomic E-state index is 12.9. The summed E-state index contributed by atoms with van der Waals surface area (Å²) in [6.45, 7) is 7.87. The third kappa shape index (κ3) is 4.28. The lowest BCUT2D eigenvalue weighted by Crippen LogP contribution is -2.22. The Morgan fingerprint density at radius 3 is 1.64 bits per heavy atom. The van der Waals surface area contributed by atoms with Crippen LogP contribution < -0.4 is 10.6 Å². The van der Waals surface area contributed by atoms with Gasteiger partial charge < -0.3 is 10.6 Å². The number of amides is 2. The smallest absolute Gasteiger partial charge is 0.274 e. The number of rotatable bonds is 4. The summed E-state index contributed by atoms with van der Waals surface area (Å²) >= 11 is 0. The Labute approximate surface area is 164 Å². The first kappa shape index (κ1) is 19.4. The van der Waals surface area contributed by atoms with Gasteiger partial charge in [0, 0.05) is 18.4 Å². The van der Waals surface area contributed by atoms with Gasteiger partial charge in [0.05, 0.1) is 11.8 Å². The molecule has 3 aromatic rings. The minimum absolute atomic E-state index is 0.209. The summed E-state index contributed by atoms with van der Waals surface area (Å²) in [7, 11) is 1.64. The van der Waals surface area contributed by atoms with E-state index in [1.54, 1.807) is 7.05 Å². The molecule has 0 aliphatic heterocycles. The second-order valence-electron chi connectivity index (χ2n) is 7.19. The van der Waals surface area contributed by atoms with Gasteiger partial charge in [-0.3, -0.25) is 14.3 Å². The molecular formula is C22H24N4O2. The number of nitrogens with zero attached hydrogens (tertiary/aromatic N) is 2. The lowest BCUT2D eigenvalue weighted by atomic mass is 10.1. The minimum atomic E-state index is -0.379. The molecule has 3 rings (SSSR count). The standard InChI is InChI=1S/C22H24N4O2/c1-13-6-14(2)9-17(8-13)24-21(27)19-12-23-26(5)20(19)22(28)25-18-10-15(3)7-16(4)11-18/h6-12H,1-5H3,(H,24,27)(H,25,28). The highest BCUT2D eigenvalue weighted by molar-refractivity contribution is 6.14. The van der Waals surface area contributed by atoms with E-state index < -0.39 is 0 Å². The number of carbonyl (C=O) groups excluding carboxylic acids is 2. The number of carbonyl (C=O) groups is 2. The summed E-state index contributed by atoms with van der Waals surface area (Å²) in [5.41, 5.74) is 6.01. The maximum Gasteiger partial charge on any atom is 0.274 e. The van der Waals surface area contributed by atoms with Gasteiger partial charge in [0.25, 0.3) is 11.8 Å². The lowest BCUT2D eigenvalue weighted by molar-refractivity contribution is 0.0985. The van der Waals surface area contributed by atoms with Crippen LogP contribution in [0, 0.1) is 27.7 Å². The molecule has 1 aromatic heterocycles. The Hall–Kier alpha value is -3.41. The fraction of sp³-hybridized carbons (Fsp3) is 0.227. The molecule has 6 heteroatoms. The second-order valence-corrected chi connectivity index (χ2v) is 7.19. The van der Waals surface area contributed by atoms with Crippen LogP contribution in [0.15, 0.2) is 42.6 Å². The minimum Gasteiger partial charge on any atom is -0.322 e. The van der Waals surface area contributed by atoms with Crippen molar-refractivity contribution in [3.05, 3.63) is 76.1 Å². The molecule has 0 bridgehead atoms. The van der Waals surface area contributed by atoms with E-state index >= 15 is 0 Å². The first-order valence-corrected chi connectivity index (χ1v) is 9.04. The van der Waals surface area contributed by atoms with E-state index in [1.807, 2.05) is 64.1 Å². The molecule has 28 heavy (non-hydrogen) atoms. The van der Waals surface area contributed by atoms with Crippen LogP contribution in [0.25, 0.3) is 0 Å². The number of hydrogen-bond acceptors (Lipinski definition) is 3. The Morgan fingerprint density at radius 2 is 1.18 bits per heavy atom. The number of hydrogen-bond donors (Lipinski definition) is 2. The predicted octanol–water partition coefficient (Wildman–Crippen LogP) is 4.16. The van der Waals surface area contributed by atoms with Crippen LogP contribution in [0.3, 0.4) is 0 Å². The lowest BCUT2D eigenvalue weighted by Gasteiger charge is -2.10. The van der Waals surface area contributed by atoms with Crippen molar-refractivity contribution in [2.75, 3.05) is 10.6 Å². The number of anilines is 2. The van der Waals surface area contributed by atoms with E-state index in [4.69, 9.17) is 0 Å². The number of nitrogens with one attached hydrogen (secondary N) is 2. The van der Waals surface area contributed by atoms with Crippen molar-refractivity contribution in [3.8, 4) is 0 Å². The third-order valence-electron chi connectivity index (χ3n) is 4.36. The van der Waals surface area contributed by atoms with Crippen molar-refractivity contribution in [2.45, 2.75) is 27.7 Å². The molecule has 6 nitrogen and oxygen atoms in total. The summed E-state index contributed by atoms with van der Waals surface area (Å²) in [5.74, 6) is -0.751. The van der Waals surface area contributed by atoms with Gasteiger partial charge in [-0.1, -0.05) is 12.1 Å². The highest BCUT2D eigenvalue weighted by atomic mass is 16.2. The van der Waals surface area contributed by atoms with Crippen LogP contribution in [0.5, 0.6) is 0 Å². The highest BCUT2D eigenvalue weighted by Gasteiger charge is 2.22. The molecule has 0 fully saturated rings. The first-order valence-electron chi connectivity index (χ1n) is 9.04. The average molecular weight is 376 g/mol.